The number of amides is 5. The number of imide groups is 2. The van der Waals surface area contributed by atoms with Gasteiger partial charge in [0.05, 0.1) is 33.1 Å². The molecule has 316 valence electrons. The summed E-state index contributed by atoms with van der Waals surface area (Å²) in [4.78, 5) is 81.0. The first kappa shape index (κ1) is 42.5. The second kappa shape index (κ2) is 16.8. The standard InChI is InChI=1S/C44H52ClN9O6/c1-26(7-8-29(22-46)27(2)45)60-41-43(3,4)40(44(41,5)6)50-36(56)30-23-47-42(48-24-30)53-19-17-51(18-20-53)25-28-13-15-52(16-14-28)31-9-10-32-33(21-31)39(59)54(38(32)58)34-11-12-35(55)49-37(34)57/h7-10,21,23-24,28,34,40-41H,2,11-20,25H2,1,3-6H3,(H,50,56)(H,49,55,57)/b26-7+,29-8-. The first-order chi connectivity index (χ1) is 28.5. The molecular weight excluding hydrogens is 786 g/mol. The van der Waals surface area contributed by atoms with Gasteiger partial charge in [0.1, 0.15) is 18.2 Å². The highest BCUT2D eigenvalue weighted by atomic mass is 35.5. The molecule has 1 aromatic carbocycles. The molecule has 4 fully saturated rings. The predicted molar refractivity (Wildman–Crippen MR) is 225 cm³/mol. The second-order valence-electron chi connectivity index (χ2n) is 17.6. The van der Waals surface area contributed by atoms with Gasteiger partial charge in [0.2, 0.25) is 17.8 Å². The molecule has 2 aromatic rings. The third-order valence-corrected chi connectivity index (χ3v) is 13.0. The maximum absolute atomic E-state index is 13.4. The van der Waals surface area contributed by atoms with Crippen LogP contribution in [0.2, 0.25) is 0 Å². The fourth-order valence-electron chi connectivity index (χ4n) is 9.76. The van der Waals surface area contributed by atoms with Gasteiger partial charge in [-0.15, -0.1) is 0 Å². The number of piperazine rings is 1. The first-order valence-electron chi connectivity index (χ1n) is 20.5. The number of allylic oxidation sites excluding steroid dienone is 5. The summed E-state index contributed by atoms with van der Waals surface area (Å²) in [5.41, 5.74) is 1.34. The Kier molecular flexibility index (Phi) is 11.9. The lowest BCUT2D eigenvalue weighted by molar-refractivity contribution is -0.189. The van der Waals surface area contributed by atoms with E-state index in [1.165, 1.54) is 0 Å². The number of ether oxygens (including phenoxy) is 1. The summed E-state index contributed by atoms with van der Waals surface area (Å²) in [6, 6.07) is 6.16. The number of carbonyl (C=O) groups excluding carboxylic acids is 5. The lowest BCUT2D eigenvalue weighted by Crippen LogP contribution is -2.73. The maximum atomic E-state index is 13.4. The minimum absolute atomic E-state index is 0.0848. The van der Waals surface area contributed by atoms with Gasteiger partial charge in [-0.2, -0.15) is 5.26 Å². The van der Waals surface area contributed by atoms with Crippen LogP contribution in [0.5, 0.6) is 0 Å². The summed E-state index contributed by atoms with van der Waals surface area (Å²) in [7, 11) is 0. The maximum Gasteiger partial charge on any atom is 0.262 e. The Morgan fingerprint density at radius 3 is 2.23 bits per heavy atom. The number of halogens is 1. The van der Waals surface area contributed by atoms with Gasteiger partial charge in [-0.05, 0) is 62.5 Å². The number of hydrogen-bond donors (Lipinski definition) is 2. The second-order valence-corrected chi connectivity index (χ2v) is 18.0. The monoisotopic (exact) mass is 837 g/mol. The Labute approximate surface area is 355 Å². The van der Waals surface area contributed by atoms with Crippen molar-refractivity contribution in [2.75, 3.05) is 55.6 Å². The van der Waals surface area contributed by atoms with Crippen molar-refractivity contribution < 1.29 is 28.7 Å². The summed E-state index contributed by atoms with van der Waals surface area (Å²) in [5, 5.41) is 14.9. The number of aromatic nitrogens is 2. The molecule has 3 saturated heterocycles. The normalized spacial score (nSPS) is 24.7. The first-order valence-corrected chi connectivity index (χ1v) is 20.9. The van der Waals surface area contributed by atoms with Crippen LogP contribution >= 0.6 is 11.6 Å². The molecule has 16 heteroatoms. The van der Waals surface area contributed by atoms with Crippen LogP contribution in [0, 0.1) is 28.1 Å². The van der Waals surface area contributed by atoms with Crippen LogP contribution in [-0.4, -0.2) is 113 Å². The van der Waals surface area contributed by atoms with Crippen LogP contribution in [0.1, 0.15) is 91.4 Å². The Balaban J connectivity index is 0.858. The van der Waals surface area contributed by atoms with Gasteiger partial charge in [-0.1, -0.05) is 45.9 Å². The molecule has 5 aliphatic rings. The number of benzene rings is 1. The fourth-order valence-corrected chi connectivity index (χ4v) is 9.86. The predicted octanol–water partition coefficient (Wildman–Crippen LogP) is 4.57. The average Bonchev–Trinajstić information content (AvgIpc) is 3.47. The summed E-state index contributed by atoms with van der Waals surface area (Å²) in [6.07, 6.45) is 8.46. The molecule has 7 rings (SSSR count). The van der Waals surface area contributed by atoms with Crippen molar-refractivity contribution in [1.29, 1.82) is 5.26 Å². The van der Waals surface area contributed by atoms with Crippen LogP contribution in [0.3, 0.4) is 0 Å². The van der Waals surface area contributed by atoms with E-state index in [4.69, 9.17) is 16.3 Å². The number of carbonyl (C=O) groups is 5. The molecule has 0 spiro atoms. The van der Waals surface area contributed by atoms with Gasteiger partial charge in [-0.25, -0.2) is 9.97 Å². The number of anilines is 2. The highest BCUT2D eigenvalue weighted by Crippen LogP contribution is 2.56. The topological polar surface area (TPSA) is 181 Å². The smallest absolute Gasteiger partial charge is 0.262 e. The van der Waals surface area contributed by atoms with E-state index in [0.29, 0.717) is 28.8 Å². The third-order valence-electron chi connectivity index (χ3n) is 12.8. The minimum atomic E-state index is -0.981. The summed E-state index contributed by atoms with van der Waals surface area (Å²) >= 11 is 5.88. The van der Waals surface area contributed by atoms with Gasteiger partial charge in [0.25, 0.3) is 17.7 Å². The Bertz CT molecular complexity index is 2180. The molecule has 1 saturated carbocycles. The number of nitrogens with zero attached hydrogens (tertiary/aromatic N) is 7. The molecule has 1 unspecified atom stereocenters. The number of hydrogen-bond acceptors (Lipinski definition) is 12. The van der Waals surface area contributed by atoms with Crippen molar-refractivity contribution in [3.05, 3.63) is 82.4 Å². The number of nitrogens with one attached hydrogen (secondary N) is 2. The van der Waals surface area contributed by atoms with Crippen molar-refractivity contribution in [2.45, 2.75) is 78.5 Å². The van der Waals surface area contributed by atoms with Crippen molar-refractivity contribution in [1.82, 2.24) is 30.4 Å². The van der Waals surface area contributed by atoms with Crippen LogP contribution in [-0.2, 0) is 14.3 Å². The average molecular weight is 838 g/mol. The quantitative estimate of drug-likeness (QED) is 0.140. The van der Waals surface area contributed by atoms with Gasteiger partial charge in [0.15, 0.2) is 0 Å². The summed E-state index contributed by atoms with van der Waals surface area (Å²) in [6.45, 7) is 19.6. The van der Waals surface area contributed by atoms with Crippen LogP contribution in [0.15, 0.2) is 65.7 Å². The molecule has 2 N–H and O–H groups in total. The fraction of sp³-hybridized carbons (Fsp3) is 0.500. The molecule has 60 heavy (non-hydrogen) atoms. The lowest BCUT2D eigenvalue weighted by Gasteiger charge is -2.63. The molecular formula is C44H52ClN9O6. The number of piperidine rings is 2. The van der Waals surface area contributed by atoms with Crippen molar-refractivity contribution in [3.8, 4) is 6.07 Å². The number of fused-ring (bicyclic) bond motifs is 1. The zero-order valence-electron chi connectivity index (χ0n) is 34.8. The molecule has 0 radical (unpaired) electrons. The number of rotatable bonds is 11. The molecule has 1 aliphatic carbocycles. The third kappa shape index (κ3) is 8.27. The van der Waals surface area contributed by atoms with E-state index >= 15 is 0 Å². The van der Waals surface area contributed by atoms with Gasteiger partial charge < -0.3 is 19.9 Å². The van der Waals surface area contributed by atoms with E-state index in [1.807, 2.05) is 19.1 Å². The zero-order valence-corrected chi connectivity index (χ0v) is 35.6. The van der Waals surface area contributed by atoms with Gasteiger partial charge in [-0.3, -0.25) is 39.1 Å². The molecule has 5 amide bonds. The van der Waals surface area contributed by atoms with Crippen LogP contribution in [0.4, 0.5) is 11.6 Å². The molecule has 15 nitrogen and oxygen atoms in total. The van der Waals surface area contributed by atoms with Crippen molar-refractivity contribution in [3.63, 3.8) is 0 Å². The highest BCUT2D eigenvalue weighted by Gasteiger charge is 2.64. The van der Waals surface area contributed by atoms with Gasteiger partial charge >= 0.3 is 0 Å². The van der Waals surface area contributed by atoms with E-state index in [0.717, 1.165) is 69.2 Å². The summed E-state index contributed by atoms with van der Waals surface area (Å²) in [5.74, 6) is -0.502. The summed E-state index contributed by atoms with van der Waals surface area (Å²) < 4.78 is 6.32. The molecule has 0 bridgehead atoms. The Hall–Kier alpha value is -5.59. The SMILES string of the molecule is C=C(Cl)/C(C#N)=C\C=C(/C)OC1C(C)(C)C(NC(=O)c2cnc(N3CCN(CC4CCN(c5ccc6c(c5)C(=O)N(C5CCC(=O)NC5=O)C6=O)CC4)CC3)nc2)C1(C)C. The minimum Gasteiger partial charge on any atom is -0.494 e. The Morgan fingerprint density at radius 1 is 0.967 bits per heavy atom. The zero-order chi connectivity index (χ0) is 43.1. The molecule has 1 aromatic heterocycles. The lowest BCUT2D eigenvalue weighted by atomic mass is 9.49. The van der Waals surface area contributed by atoms with Gasteiger partial charge in [0, 0.05) is 87.2 Å². The van der Waals surface area contributed by atoms with E-state index in [2.05, 4.69) is 69.6 Å². The largest absolute Gasteiger partial charge is 0.494 e. The molecule has 5 heterocycles. The van der Waals surface area contributed by atoms with E-state index in [1.54, 1.807) is 36.7 Å². The number of nitriles is 1. The van der Waals surface area contributed by atoms with Crippen LogP contribution < -0.4 is 20.4 Å². The van der Waals surface area contributed by atoms with E-state index < -0.39 is 29.7 Å². The van der Waals surface area contributed by atoms with E-state index in [-0.39, 0.29) is 57.9 Å². The highest BCUT2D eigenvalue weighted by molar-refractivity contribution is 6.32. The van der Waals surface area contributed by atoms with Crippen molar-refractivity contribution >= 4 is 52.8 Å². The van der Waals surface area contributed by atoms with E-state index in [9.17, 15) is 29.2 Å². The molecule has 4 aliphatic heterocycles. The van der Waals surface area contributed by atoms with Crippen LogP contribution in [0.25, 0.3) is 0 Å². The Morgan fingerprint density at radius 2 is 1.62 bits per heavy atom. The van der Waals surface area contributed by atoms with Crippen molar-refractivity contribution in [2.24, 2.45) is 16.7 Å². The molecule has 1 atom stereocenters.